The lowest BCUT2D eigenvalue weighted by molar-refractivity contribution is 0.0525. The molecule has 2 rings (SSSR count). The van der Waals surface area contributed by atoms with Gasteiger partial charge in [0.15, 0.2) is 0 Å². The minimum Gasteiger partial charge on any atom is -0.383 e. The molecule has 0 aliphatic heterocycles. The highest BCUT2D eigenvalue weighted by molar-refractivity contribution is 5.94. The van der Waals surface area contributed by atoms with Crippen molar-refractivity contribution >= 4 is 11.7 Å². The molecule has 7 nitrogen and oxygen atoms in total. The van der Waals surface area contributed by atoms with Crippen LogP contribution in [0.4, 0.5) is 5.82 Å². The molecular weight excluding hydrogens is 306 g/mol. The van der Waals surface area contributed by atoms with Crippen LogP contribution in [-0.4, -0.2) is 45.4 Å². The van der Waals surface area contributed by atoms with Gasteiger partial charge in [-0.25, -0.2) is 4.98 Å². The molecule has 24 heavy (non-hydrogen) atoms. The van der Waals surface area contributed by atoms with E-state index < -0.39 is 5.60 Å². The van der Waals surface area contributed by atoms with Gasteiger partial charge in [-0.05, 0) is 32.9 Å². The number of rotatable bonds is 7. The third-order valence-corrected chi connectivity index (χ3v) is 4.02. The van der Waals surface area contributed by atoms with Gasteiger partial charge in [-0.1, -0.05) is 0 Å². The van der Waals surface area contributed by atoms with Crippen molar-refractivity contribution in [2.24, 2.45) is 7.05 Å². The van der Waals surface area contributed by atoms with Crippen LogP contribution in [0, 0.1) is 0 Å². The van der Waals surface area contributed by atoms with E-state index in [2.05, 4.69) is 34.1 Å². The Morgan fingerprint density at radius 2 is 2.04 bits per heavy atom. The topological polar surface area (TPSA) is 83.3 Å². The molecule has 0 bridgehead atoms. The number of amides is 1. The molecule has 1 amide bonds. The second-order valence-electron chi connectivity index (χ2n) is 5.94. The van der Waals surface area contributed by atoms with Gasteiger partial charge in [-0.3, -0.25) is 9.48 Å². The monoisotopic (exact) mass is 331 g/mol. The molecular formula is C17H25N5O2. The quantitative estimate of drug-likeness (QED) is 0.799. The van der Waals surface area contributed by atoms with Crippen LogP contribution in [0.3, 0.4) is 0 Å². The summed E-state index contributed by atoms with van der Waals surface area (Å²) >= 11 is 0. The van der Waals surface area contributed by atoms with Crippen molar-refractivity contribution in [2.75, 3.05) is 24.5 Å². The molecule has 2 aromatic rings. The molecule has 2 heterocycles. The number of aryl methyl sites for hydroxylation is 1. The van der Waals surface area contributed by atoms with Crippen LogP contribution < -0.4 is 10.2 Å². The van der Waals surface area contributed by atoms with Crippen LogP contribution in [0.1, 0.15) is 36.7 Å². The van der Waals surface area contributed by atoms with Crippen LogP contribution in [0.15, 0.2) is 30.7 Å². The first-order chi connectivity index (χ1) is 11.4. The van der Waals surface area contributed by atoms with Gasteiger partial charge in [0.1, 0.15) is 11.4 Å². The maximum absolute atomic E-state index is 12.3. The van der Waals surface area contributed by atoms with E-state index in [1.54, 1.807) is 43.3 Å². The number of carbonyl (C=O) groups excluding carboxylic acids is 1. The van der Waals surface area contributed by atoms with E-state index in [-0.39, 0.29) is 12.5 Å². The zero-order valence-corrected chi connectivity index (χ0v) is 14.7. The molecule has 0 aliphatic rings. The van der Waals surface area contributed by atoms with Crippen molar-refractivity contribution in [1.29, 1.82) is 0 Å². The van der Waals surface area contributed by atoms with Crippen molar-refractivity contribution in [3.05, 3.63) is 41.9 Å². The maximum Gasteiger partial charge on any atom is 0.252 e. The standard InChI is InChI=1S/C17H25N5O2/c1-5-22(6-2)15-8-7-13(9-18-15)16(23)19-12-17(3,24)14-10-20-21(4)11-14/h7-11,24H,5-6,12H2,1-4H3,(H,19,23). The summed E-state index contributed by atoms with van der Waals surface area (Å²) in [6.07, 6.45) is 4.88. The first kappa shape index (κ1) is 17.9. The molecule has 1 unspecified atom stereocenters. The van der Waals surface area contributed by atoms with Gasteiger partial charge in [-0.15, -0.1) is 0 Å². The summed E-state index contributed by atoms with van der Waals surface area (Å²) < 4.78 is 1.61. The van der Waals surface area contributed by atoms with Gasteiger partial charge >= 0.3 is 0 Å². The third kappa shape index (κ3) is 4.11. The maximum atomic E-state index is 12.3. The van der Waals surface area contributed by atoms with Crippen LogP contribution in [0.25, 0.3) is 0 Å². The highest BCUT2D eigenvalue weighted by Gasteiger charge is 2.25. The number of hydrogen-bond donors (Lipinski definition) is 2. The highest BCUT2D eigenvalue weighted by atomic mass is 16.3. The van der Waals surface area contributed by atoms with Crippen molar-refractivity contribution in [1.82, 2.24) is 20.1 Å². The number of aliphatic hydroxyl groups is 1. The van der Waals surface area contributed by atoms with Crippen molar-refractivity contribution in [2.45, 2.75) is 26.4 Å². The van der Waals surface area contributed by atoms with Crippen LogP contribution in [0.2, 0.25) is 0 Å². The summed E-state index contributed by atoms with van der Waals surface area (Å²) in [6, 6.07) is 3.58. The van der Waals surface area contributed by atoms with E-state index in [4.69, 9.17) is 0 Å². The number of anilines is 1. The fourth-order valence-electron chi connectivity index (χ4n) is 2.41. The predicted octanol–water partition coefficient (Wildman–Crippen LogP) is 1.30. The zero-order chi connectivity index (χ0) is 17.7. The van der Waals surface area contributed by atoms with Gasteiger partial charge in [0.05, 0.1) is 18.3 Å². The molecule has 0 saturated heterocycles. The Balaban J connectivity index is 1.99. The average Bonchev–Trinajstić information content (AvgIpc) is 3.02. The Morgan fingerprint density at radius 3 is 2.54 bits per heavy atom. The van der Waals surface area contributed by atoms with E-state index >= 15 is 0 Å². The smallest absolute Gasteiger partial charge is 0.252 e. The number of pyridine rings is 1. The molecule has 1 atom stereocenters. The Kier molecular flexibility index (Phi) is 5.56. The minimum atomic E-state index is -1.18. The summed E-state index contributed by atoms with van der Waals surface area (Å²) in [4.78, 5) is 18.7. The fraction of sp³-hybridized carbons (Fsp3) is 0.471. The van der Waals surface area contributed by atoms with Gasteiger partial charge in [0, 0.05) is 38.1 Å². The predicted molar refractivity (Wildman–Crippen MR) is 92.9 cm³/mol. The van der Waals surface area contributed by atoms with Gasteiger partial charge in [0.2, 0.25) is 0 Å². The third-order valence-electron chi connectivity index (χ3n) is 4.02. The van der Waals surface area contributed by atoms with E-state index in [0.717, 1.165) is 18.9 Å². The summed E-state index contributed by atoms with van der Waals surface area (Å²) in [5.74, 6) is 0.580. The van der Waals surface area contributed by atoms with E-state index in [1.807, 2.05) is 6.07 Å². The number of nitrogens with zero attached hydrogens (tertiary/aromatic N) is 4. The van der Waals surface area contributed by atoms with Gasteiger partial charge in [-0.2, -0.15) is 5.10 Å². The zero-order valence-electron chi connectivity index (χ0n) is 14.7. The molecule has 7 heteroatoms. The normalized spacial score (nSPS) is 13.4. The lowest BCUT2D eigenvalue weighted by Gasteiger charge is -2.22. The molecule has 0 radical (unpaired) electrons. The highest BCUT2D eigenvalue weighted by Crippen LogP contribution is 2.18. The lowest BCUT2D eigenvalue weighted by Crippen LogP contribution is -2.38. The molecule has 2 aromatic heterocycles. The van der Waals surface area contributed by atoms with Gasteiger partial charge in [0.25, 0.3) is 5.91 Å². The Hall–Kier alpha value is -2.41. The van der Waals surface area contributed by atoms with Crippen molar-refractivity contribution < 1.29 is 9.90 Å². The van der Waals surface area contributed by atoms with Crippen molar-refractivity contribution in [3.8, 4) is 0 Å². The molecule has 0 spiro atoms. The summed E-state index contributed by atoms with van der Waals surface area (Å²) in [5, 5.41) is 17.3. The second-order valence-corrected chi connectivity index (χ2v) is 5.94. The largest absolute Gasteiger partial charge is 0.383 e. The SMILES string of the molecule is CCN(CC)c1ccc(C(=O)NCC(C)(O)c2cnn(C)c2)cn1. The Labute approximate surface area is 142 Å². The second kappa shape index (κ2) is 7.44. The average molecular weight is 331 g/mol. The number of carbonyl (C=O) groups is 1. The molecule has 0 fully saturated rings. The first-order valence-corrected chi connectivity index (χ1v) is 8.08. The van der Waals surface area contributed by atoms with Crippen LogP contribution in [0.5, 0.6) is 0 Å². The summed E-state index contributed by atoms with van der Waals surface area (Å²) in [6.45, 7) is 7.59. The first-order valence-electron chi connectivity index (χ1n) is 8.08. The minimum absolute atomic E-state index is 0.0926. The van der Waals surface area contributed by atoms with E-state index in [0.29, 0.717) is 11.1 Å². The molecule has 2 N–H and O–H groups in total. The fourth-order valence-corrected chi connectivity index (χ4v) is 2.41. The number of nitrogens with one attached hydrogen (secondary N) is 1. The number of hydrogen-bond acceptors (Lipinski definition) is 5. The lowest BCUT2D eigenvalue weighted by atomic mass is 9.99. The van der Waals surface area contributed by atoms with Crippen molar-refractivity contribution in [3.63, 3.8) is 0 Å². The van der Waals surface area contributed by atoms with Crippen LogP contribution in [-0.2, 0) is 12.6 Å². The van der Waals surface area contributed by atoms with Crippen LogP contribution >= 0.6 is 0 Å². The molecule has 130 valence electrons. The van der Waals surface area contributed by atoms with Gasteiger partial charge < -0.3 is 15.3 Å². The summed E-state index contributed by atoms with van der Waals surface area (Å²) in [5.41, 5.74) is -0.0633. The molecule has 0 saturated carbocycles. The summed E-state index contributed by atoms with van der Waals surface area (Å²) in [7, 11) is 1.78. The van der Waals surface area contributed by atoms with E-state index in [1.165, 1.54) is 0 Å². The number of aromatic nitrogens is 3. The molecule has 0 aliphatic carbocycles. The molecule has 0 aromatic carbocycles. The van der Waals surface area contributed by atoms with E-state index in [9.17, 15) is 9.90 Å². The Morgan fingerprint density at radius 1 is 1.33 bits per heavy atom. The Bertz CT molecular complexity index is 675.